The molecule has 5 nitrogen and oxygen atoms in total. The van der Waals surface area contributed by atoms with Gasteiger partial charge in [0.05, 0.1) is 0 Å². The smallest absolute Gasteiger partial charge is 0.271 e. The summed E-state index contributed by atoms with van der Waals surface area (Å²) in [4.78, 5) is 12.4. The molecule has 1 aromatic rings. The number of nitrogens with zero attached hydrogens (tertiary/aromatic N) is 1. The maximum atomic E-state index is 12.4. The van der Waals surface area contributed by atoms with Crippen LogP contribution >= 0.6 is 0 Å². The van der Waals surface area contributed by atoms with Gasteiger partial charge in [0.25, 0.3) is 5.91 Å². The van der Waals surface area contributed by atoms with Crippen molar-refractivity contribution in [1.29, 1.82) is 0 Å². The van der Waals surface area contributed by atoms with E-state index in [1.54, 1.807) is 18.2 Å². The first-order valence-electron chi connectivity index (χ1n) is 8.19. The zero-order valence-corrected chi connectivity index (χ0v) is 13.8. The number of rotatable bonds is 2. The Hall–Kier alpha value is -2.04. The Morgan fingerprint density at radius 3 is 2.74 bits per heavy atom. The SMILES string of the molecule is CC1(C)[C@H]2CC[C@@]1(C)/C(=N/NC(=O)c1ccc3c(c1)OCO3)C2. The van der Waals surface area contributed by atoms with Crippen molar-refractivity contribution in [2.45, 2.75) is 40.0 Å². The van der Waals surface area contributed by atoms with Gasteiger partial charge in [-0.05, 0) is 48.8 Å². The molecule has 5 heteroatoms. The third-order valence-corrected chi connectivity index (χ3v) is 6.44. The van der Waals surface area contributed by atoms with Crippen LogP contribution in [-0.4, -0.2) is 18.4 Å². The lowest BCUT2D eigenvalue weighted by Crippen LogP contribution is -2.34. The van der Waals surface area contributed by atoms with Gasteiger partial charge in [-0.2, -0.15) is 5.10 Å². The predicted molar refractivity (Wildman–Crippen MR) is 86.7 cm³/mol. The van der Waals surface area contributed by atoms with Gasteiger partial charge in [-0.15, -0.1) is 0 Å². The maximum Gasteiger partial charge on any atom is 0.271 e. The van der Waals surface area contributed by atoms with E-state index in [2.05, 4.69) is 31.3 Å². The van der Waals surface area contributed by atoms with Crippen LogP contribution in [0.2, 0.25) is 0 Å². The number of ether oxygens (including phenoxy) is 2. The van der Waals surface area contributed by atoms with Crippen LogP contribution in [-0.2, 0) is 0 Å². The second kappa shape index (κ2) is 4.73. The zero-order valence-electron chi connectivity index (χ0n) is 13.8. The first-order valence-corrected chi connectivity index (χ1v) is 8.19. The highest BCUT2D eigenvalue weighted by Crippen LogP contribution is 2.63. The highest BCUT2D eigenvalue weighted by atomic mass is 16.7. The minimum absolute atomic E-state index is 0.0971. The van der Waals surface area contributed by atoms with Gasteiger partial charge in [0.1, 0.15) is 0 Å². The van der Waals surface area contributed by atoms with Crippen LogP contribution < -0.4 is 14.9 Å². The molecule has 1 heterocycles. The third kappa shape index (κ3) is 1.98. The number of hydrogen-bond donors (Lipinski definition) is 1. The van der Waals surface area contributed by atoms with Crippen LogP contribution in [0.1, 0.15) is 50.4 Å². The van der Waals surface area contributed by atoms with Gasteiger partial charge in [0.15, 0.2) is 11.5 Å². The van der Waals surface area contributed by atoms with E-state index >= 15 is 0 Å². The molecule has 122 valence electrons. The molecule has 2 atom stereocenters. The third-order valence-electron chi connectivity index (χ3n) is 6.44. The highest BCUT2D eigenvalue weighted by Gasteiger charge is 2.60. The number of hydrazone groups is 1. The predicted octanol–water partition coefficient (Wildman–Crippen LogP) is 3.35. The number of nitrogens with one attached hydrogen (secondary N) is 1. The highest BCUT2D eigenvalue weighted by molar-refractivity contribution is 5.98. The minimum Gasteiger partial charge on any atom is -0.454 e. The maximum absolute atomic E-state index is 12.4. The molecule has 0 saturated heterocycles. The Balaban J connectivity index is 1.52. The van der Waals surface area contributed by atoms with Crippen LogP contribution in [0.25, 0.3) is 0 Å². The van der Waals surface area contributed by atoms with Gasteiger partial charge < -0.3 is 9.47 Å². The van der Waals surface area contributed by atoms with Gasteiger partial charge in [-0.25, -0.2) is 5.43 Å². The summed E-state index contributed by atoms with van der Waals surface area (Å²) in [5.74, 6) is 1.75. The molecule has 2 bridgehead atoms. The largest absolute Gasteiger partial charge is 0.454 e. The number of carbonyl (C=O) groups excluding carboxylic acids is 1. The van der Waals surface area contributed by atoms with E-state index in [1.807, 2.05) is 0 Å². The number of benzene rings is 1. The molecule has 3 aliphatic rings. The Morgan fingerprint density at radius 2 is 2.04 bits per heavy atom. The molecule has 2 saturated carbocycles. The first-order chi connectivity index (χ1) is 10.9. The summed E-state index contributed by atoms with van der Waals surface area (Å²) in [6.45, 7) is 7.14. The molecule has 1 aliphatic heterocycles. The molecule has 0 unspecified atom stereocenters. The second-order valence-electron chi connectivity index (χ2n) is 7.56. The Labute approximate surface area is 136 Å². The van der Waals surface area contributed by atoms with Crippen molar-refractivity contribution >= 4 is 11.6 Å². The fourth-order valence-corrected chi connectivity index (χ4v) is 4.32. The molecule has 1 amide bonds. The van der Waals surface area contributed by atoms with E-state index in [9.17, 15) is 4.79 Å². The summed E-state index contributed by atoms with van der Waals surface area (Å²) in [5, 5.41) is 4.49. The van der Waals surface area contributed by atoms with Gasteiger partial charge in [0.2, 0.25) is 6.79 Å². The van der Waals surface area contributed by atoms with Crippen LogP contribution in [0.5, 0.6) is 11.5 Å². The van der Waals surface area contributed by atoms with E-state index in [1.165, 1.54) is 6.42 Å². The zero-order chi connectivity index (χ0) is 16.2. The summed E-state index contributed by atoms with van der Waals surface area (Å²) >= 11 is 0. The lowest BCUT2D eigenvalue weighted by Gasteiger charge is -2.34. The van der Waals surface area contributed by atoms with E-state index in [0.717, 1.165) is 18.6 Å². The Bertz CT molecular complexity index is 710. The van der Waals surface area contributed by atoms with Crippen molar-refractivity contribution in [3.63, 3.8) is 0 Å². The van der Waals surface area contributed by atoms with Crippen LogP contribution in [0.15, 0.2) is 23.3 Å². The van der Waals surface area contributed by atoms with Crippen molar-refractivity contribution < 1.29 is 14.3 Å². The van der Waals surface area contributed by atoms with Gasteiger partial charge >= 0.3 is 0 Å². The number of carbonyl (C=O) groups is 1. The molecular formula is C18H22N2O3. The van der Waals surface area contributed by atoms with Gasteiger partial charge in [0, 0.05) is 16.7 Å². The molecule has 1 N–H and O–H groups in total. The van der Waals surface area contributed by atoms with E-state index in [-0.39, 0.29) is 23.5 Å². The summed E-state index contributed by atoms with van der Waals surface area (Å²) in [6.07, 6.45) is 3.41. The Kier molecular flexibility index (Phi) is 2.99. The molecule has 2 fully saturated rings. The van der Waals surface area contributed by atoms with E-state index < -0.39 is 0 Å². The summed E-state index contributed by atoms with van der Waals surface area (Å²) in [6, 6.07) is 5.19. The lowest BCUT2D eigenvalue weighted by atomic mass is 9.70. The van der Waals surface area contributed by atoms with Gasteiger partial charge in [-0.1, -0.05) is 20.8 Å². The second-order valence-corrected chi connectivity index (χ2v) is 7.56. The summed E-state index contributed by atoms with van der Waals surface area (Å²) in [5.41, 5.74) is 4.75. The fourth-order valence-electron chi connectivity index (χ4n) is 4.32. The summed E-state index contributed by atoms with van der Waals surface area (Å²) in [7, 11) is 0. The normalized spacial score (nSPS) is 31.6. The topological polar surface area (TPSA) is 59.9 Å². The standard InChI is InChI=1S/C18H22N2O3/c1-17(2)12-6-7-18(17,3)15(9-12)19-20-16(21)11-4-5-13-14(8-11)23-10-22-13/h4-5,8,12H,6-7,9-10H2,1-3H3,(H,20,21)/b19-15+/t12-,18-/m0/s1. The van der Waals surface area contributed by atoms with Crippen molar-refractivity contribution in [3.8, 4) is 11.5 Å². The average molecular weight is 314 g/mol. The first kappa shape index (κ1) is 14.5. The molecular weight excluding hydrogens is 292 g/mol. The van der Waals surface area contributed by atoms with Crippen LogP contribution in [0.4, 0.5) is 0 Å². The van der Waals surface area contributed by atoms with Crippen LogP contribution in [0, 0.1) is 16.7 Å². The molecule has 0 spiro atoms. The quantitative estimate of drug-likeness (QED) is 0.852. The number of fused-ring (bicyclic) bond motifs is 3. The molecule has 0 aromatic heterocycles. The van der Waals surface area contributed by atoms with E-state index in [4.69, 9.17) is 9.47 Å². The molecule has 4 rings (SSSR count). The van der Waals surface area contributed by atoms with Crippen molar-refractivity contribution in [2.75, 3.05) is 6.79 Å². The summed E-state index contributed by atoms with van der Waals surface area (Å²) < 4.78 is 10.6. The van der Waals surface area contributed by atoms with Gasteiger partial charge in [-0.3, -0.25) is 4.79 Å². The molecule has 23 heavy (non-hydrogen) atoms. The van der Waals surface area contributed by atoms with Crippen molar-refractivity contribution in [2.24, 2.45) is 21.8 Å². The Morgan fingerprint density at radius 1 is 1.26 bits per heavy atom. The monoisotopic (exact) mass is 314 g/mol. The fraction of sp³-hybridized carbons (Fsp3) is 0.556. The molecule has 0 radical (unpaired) electrons. The van der Waals surface area contributed by atoms with Crippen molar-refractivity contribution in [1.82, 2.24) is 5.43 Å². The van der Waals surface area contributed by atoms with Crippen molar-refractivity contribution in [3.05, 3.63) is 23.8 Å². The minimum atomic E-state index is -0.208. The number of hydrogen-bond acceptors (Lipinski definition) is 4. The molecule has 2 aliphatic carbocycles. The van der Waals surface area contributed by atoms with Crippen LogP contribution in [0.3, 0.4) is 0 Å². The molecule has 1 aromatic carbocycles. The average Bonchev–Trinajstić information content (AvgIpc) is 3.13. The lowest BCUT2D eigenvalue weighted by molar-refractivity contribution is 0.0953. The van der Waals surface area contributed by atoms with E-state index in [0.29, 0.717) is 23.0 Å². The number of amides is 1.